The molecule has 1 atom stereocenters. The predicted molar refractivity (Wildman–Crippen MR) is 68.6 cm³/mol. The van der Waals surface area contributed by atoms with Gasteiger partial charge in [0.15, 0.2) is 0 Å². The molecule has 0 aliphatic rings. The molecule has 0 spiro atoms. The van der Waals surface area contributed by atoms with E-state index in [4.69, 9.17) is 11.6 Å². The third-order valence-corrected chi connectivity index (χ3v) is 2.86. The summed E-state index contributed by atoms with van der Waals surface area (Å²) in [6.45, 7) is 0. The van der Waals surface area contributed by atoms with Crippen molar-refractivity contribution in [3.8, 4) is 0 Å². The summed E-state index contributed by atoms with van der Waals surface area (Å²) in [5.74, 6) is 0. The molecule has 0 amide bonds. The zero-order chi connectivity index (χ0) is 13.1. The molecule has 0 bridgehead atoms. The van der Waals surface area contributed by atoms with Gasteiger partial charge < -0.3 is 5.11 Å². The summed E-state index contributed by atoms with van der Waals surface area (Å²) in [5.41, 5.74) is 1.29. The van der Waals surface area contributed by atoms with Crippen molar-refractivity contribution in [2.45, 2.75) is 6.10 Å². The summed E-state index contributed by atoms with van der Waals surface area (Å²) in [4.78, 5) is 10.0. The van der Waals surface area contributed by atoms with Gasteiger partial charge in [-0.2, -0.15) is 0 Å². The number of halogens is 1. The van der Waals surface area contributed by atoms with Gasteiger partial charge in [-0.1, -0.05) is 23.7 Å². The Balaban J connectivity index is 2.25. The average molecular weight is 264 g/mol. The van der Waals surface area contributed by atoms with Crippen molar-refractivity contribution in [2.75, 3.05) is 0 Å². The van der Waals surface area contributed by atoms with Crippen molar-refractivity contribution in [1.29, 1.82) is 0 Å². The predicted octanol–water partition coefficient (Wildman–Crippen LogP) is 3.33. The second-order valence-electron chi connectivity index (χ2n) is 3.80. The third kappa shape index (κ3) is 2.67. The highest BCUT2D eigenvalue weighted by Crippen LogP contribution is 2.24. The van der Waals surface area contributed by atoms with Gasteiger partial charge in [0, 0.05) is 17.2 Å². The first-order valence-electron chi connectivity index (χ1n) is 5.26. The quantitative estimate of drug-likeness (QED) is 0.682. The van der Waals surface area contributed by atoms with Crippen LogP contribution >= 0.6 is 11.6 Å². The van der Waals surface area contributed by atoms with E-state index in [9.17, 15) is 15.2 Å². The largest absolute Gasteiger partial charge is 0.384 e. The van der Waals surface area contributed by atoms with Crippen LogP contribution in [0.5, 0.6) is 0 Å². The molecule has 2 aromatic carbocycles. The van der Waals surface area contributed by atoms with Crippen LogP contribution in [0.3, 0.4) is 0 Å². The number of rotatable bonds is 3. The highest BCUT2D eigenvalue weighted by atomic mass is 35.5. The minimum absolute atomic E-state index is 0.00190. The average Bonchev–Trinajstić information content (AvgIpc) is 2.39. The van der Waals surface area contributed by atoms with Crippen molar-refractivity contribution < 1.29 is 10.0 Å². The molecule has 92 valence electrons. The Bertz CT molecular complexity index is 551. The molecule has 18 heavy (non-hydrogen) atoms. The number of aliphatic hydroxyl groups is 1. The van der Waals surface area contributed by atoms with E-state index >= 15 is 0 Å². The van der Waals surface area contributed by atoms with E-state index < -0.39 is 11.0 Å². The van der Waals surface area contributed by atoms with Crippen LogP contribution in [0.2, 0.25) is 5.02 Å². The zero-order valence-corrected chi connectivity index (χ0v) is 10.0. The molecule has 0 fully saturated rings. The van der Waals surface area contributed by atoms with Crippen LogP contribution in [0, 0.1) is 10.1 Å². The first-order valence-corrected chi connectivity index (χ1v) is 5.63. The summed E-state index contributed by atoms with van der Waals surface area (Å²) < 4.78 is 0. The van der Waals surface area contributed by atoms with Gasteiger partial charge in [0.05, 0.1) is 4.92 Å². The van der Waals surface area contributed by atoms with Gasteiger partial charge in [-0.3, -0.25) is 10.1 Å². The third-order valence-electron chi connectivity index (χ3n) is 2.61. The lowest BCUT2D eigenvalue weighted by atomic mass is 10.0. The van der Waals surface area contributed by atoms with E-state index in [0.29, 0.717) is 16.1 Å². The van der Waals surface area contributed by atoms with Crippen LogP contribution < -0.4 is 0 Å². The molecular formula is C13H10ClNO3. The van der Waals surface area contributed by atoms with Crippen molar-refractivity contribution in [1.82, 2.24) is 0 Å². The Morgan fingerprint density at radius 2 is 1.44 bits per heavy atom. The molecule has 1 N–H and O–H groups in total. The monoisotopic (exact) mass is 263 g/mol. The fourth-order valence-electron chi connectivity index (χ4n) is 1.62. The van der Waals surface area contributed by atoms with Gasteiger partial charge in [-0.15, -0.1) is 0 Å². The molecule has 5 heteroatoms. The molecule has 0 radical (unpaired) electrons. The lowest BCUT2D eigenvalue weighted by molar-refractivity contribution is -0.384. The molecule has 0 saturated carbocycles. The molecule has 0 aliphatic carbocycles. The van der Waals surface area contributed by atoms with E-state index in [0.717, 1.165) is 0 Å². The number of aliphatic hydroxyl groups excluding tert-OH is 1. The highest BCUT2D eigenvalue weighted by molar-refractivity contribution is 6.30. The summed E-state index contributed by atoms with van der Waals surface area (Å²) >= 11 is 5.76. The van der Waals surface area contributed by atoms with Crippen LogP contribution in [0.4, 0.5) is 5.69 Å². The lowest BCUT2D eigenvalue weighted by Crippen LogP contribution is -1.99. The maximum Gasteiger partial charge on any atom is 0.269 e. The summed E-state index contributed by atoms with van der Waals surface area (Å²) in [5, 5.41) is 21.2. The Hall–Kier alpha value is -1.91. The van der Waals surface area contributed by atoms with Gasteiger partial charge in [-0.05, 0) is 35.4 Å². The van der Waals surface area contributed by atoms with Crippen molar-refractivity contribution in [3.63, 3.8) is 0 Å². The normalized spacial score (nSPS) is 12.1. The number of nitro groups is 1. The van der Waals surface area contributed by atoms with Crippen LogP contribution in [0.1, 0.15) is 17.2 Å². The number of non-ortho nitro benzene ring substituents is 1. The van der Waals surface area contributed by atoms with Crippen LogP contribution in [0.15, 0.2) is 48.5 Å². The lowest BCUT2D eigenvalue weighted by Gasteiger charge is -2.11. The summed E-state index contributed by atoms with van der Waals surface area (Å²) in [6, 6.07) is 12.6. The van der Waals surface area contributed by atoms with Crippen molar-refractivity contribution in [2.24, 2.45) is 0 Å². The van der Waals surface area contributed by atoms with Gasteiger partial charge in [0.25, 0.3) is 5.69 Å². The SMILES string of the molecule is O=[N+]([O-])c1ccc([C@H](O)c2ccc(Cl)cc2)cc1. The van der Waals surface area contributed by atoms with Crippen LogP contribution in [-0.2, 0) is 0 Å². The van der Waals surface area contributed by atoms with Gasteiger partial charge >= 0.3 is 0 Å². The van der Waals surface area contributed by atoms with Crippen LogP contribution in [0.25, 0.3) is 0 Å². The number of hydrogen-bond donors (Lipinski definition) is 1. The second kappa shape index (κ2) is 5.16. The number of hydrogen-bond acceptors (Lipinski definition) is 3. The number of nitro benzene ring substituents is 1. The standard InChI is InChI=1S/C13H10ClNO3/c14-11-5-1-9(2-6-11)13(16)10-3-7-12(8-4-10)15(17)18/h1-8,13,16H/t13-/m1/s1. The highest BCUT2D eigenvalue weighted by Gasteiger charge is 2.12. The van der Waals surface area contributed by atoms with E-state index in [1.54, 1.807) is 24.3 Å². The minimum atomic E-state index is -0.817. The molecule has 0 aliphatic heterocycles. The number of benzene rings is 2. The van der Waals surface area contributed by atoms with E-state index in [1.165, 1.54) is 24.3 Å². The fraction of sp³-hybridized carbons (Fsp3) is 0.0769. The van der Waals surface area contributed by atoms with Gasteiger partial charge in [0.2, 0.25) is 0 Å². The van der Waals surface area contributed by atoms with Crippen molar-refractivity contribution >= 4 is 17.3 Å². The molecule has 0 unspecified atom stereocenters. The Morgan fingerprint density at radius 1 is 1.00 bits per heavy atom. The van der Waals surface area contributed by atoms with Gasteiger partial charge in [0.1, 0.15) is 6.10 Å². The Kier molecular flexibility index (Phi) is 3.60. The molecule has 0 saturated heterocycles. The molecular weight excluding hydrogens is 254 g/mol. The number of nitrogens with zero attached hydrogens (tertiary/aromatic N) is 1. The van der Waals surface area contributed by atoms with E-state index in [-0.39, 0.29) is 5.69 Å². The molecule has 4 nitrogen and oxygen atoms in total. The van der Waals surface area contributed by atoms with E-state index in [2.05, 4.69) is 0 Å². The van der Waals surface area contributed by atoms with Crippen LogP contribution in [-0.4, -0.2) is 10.0 Å². The molecule has 0 heterocycles. The maximum absolute atomic E-state index is 10.5. The minimum Gasteiger partial charge on any atom is -0.384 e. The molecule has 0 aromatic heterocycles. The first-order chi connectivity index (χ1) is 8.58. The molecule has 2 aromatic rings. The summed E-state index contributed by atoms with van der Waals surface area (Å²) in [7, 11) is 0. The zero-order valence-electron chi connectivity index (χ0n) is 9.29. The first kappa shape index (κ1) is 12.5. The molecule has 2 rings (SSSR count). The summed E-state index contributed by atoms with van der Waals surface area (Å²) in [6.07, 6.45) is -0.817. The smallest absolute Gasteiger partial charge is 0.269 e. The topological polar surface area (TPSA) is 63.4 Å². The van der Waals surface area contributed by atoms with Crippen molar-refractivity contribution in [3.05, 3.63) is 74.8 Å². The fourth-order valence-corrected chi connectivity index (χ4v) is 1.74. The maximum atomic E-state index is 10.5. The Labute approximate surface area is 109 Å². The Morgan fingerprint density at radius 3 is 1.89 bits per heavy atom. The van der Waals surface area contributed by atoms with Gasteiger partial charge in [-0.25, -0.2) is 0 Å². The van der Waals surface area contributed by atoms with E-state index in [1.807, 2.05) is 0 Å². The second-order valence-corrected chi connectivity index (χ2v) is 4.24.